The second-order valence-corrected chi connectivity index (χ2v) is 25.6. The largest absolute Gasteiger partial charge is 0.468 e. The molecule has 350 valence electrons. The third kappa shape index (κ3) is 10.3. The van der Waals surface area contributed by atoms with E-state index in [4.69, 9.17) is 33.9 Å². The summed E-state index contributed by atoms with van der Waals surface area (Å²) in [5, 5.41) is 2.08. The number of aromatic nitrogens is 3. The molecule has 0 saturated carbocycles. The first-order valence-electron chi connectivity index (χ1n) is 23.7. The molecule has 65 heavy (non-hydrogen) atoms. The number of carbonyl (C=O) groups is 2. The van der Waals surface area contributed by atoms with E-state index in [-0.39, 0.29) is 48.2 Å². The number of pyridine rings is 1. The molecule has 2 aromatic heterocycles. The number of benzene rings is 2. The molecule has 3 saturated heterocycles. The van der Waals surface area contributed by atoms with Gasteiger partial charge in [0.25, 0.3) is 0 Å². The quantitative estimate of drug-likeness (QED) is 0.0351. The van der Waals surface area contributed by atoms with Gasteiger partial charge in [0.2, 0.25) is 0 Å². The number of carbonyl (C=O) groups excluding carboxylic acids is 2. The highest BCUT2D eigenvalue weighted by Crippen LogP contribution is 2.43. The summed E-state index contributed by atoms with van der Waals surface area (Å²) >= 11 is 0. The zero-order chi connectivity index (χ0) is 46.6. The van der Waals surface area contributed by atoms with Crippen molar-refractivity contribution in [2.75, 3.05) is 51.6 Å². The topological polar surface area (TPSA) is 119 Å². The lowest BCUT2D eigenvalue weighted by Gasteiger charge is -2.42. The Hall–Kier alpha value is -4.84. The Kier molecular flexibility index (Phi) is 15.1. The Morgan fingerprint density at radius 1 is 0.985 bits per heavy atom. The number of hydrogen-bond donors (Lipinski definition) is 0. The zero-order valence-electron chi connectivity index (χ0n) is 40.2. The molecule has 2 unspecified atom stereocenters. The smallest absolute Gasteiger partial charge is 0.410 e. The van der Waals surface area contributed by atoms with Crippen LogP contribution in [-0.2, 0) is 14.3 Å². The summed E-state index contributed by atoms with van der Waals surface area (Å²) in [6.07, 6.45) is 8.32. The minimum atomic E-state index is -2.13. The molecule has 14 heteroatoms. The minimum Gasteiger partial charge on any atom is -0.468 e. The molecule has 4 aromatic rings. The number of amides is 1. The number of ether oxygens (including phenoxy) is 4. The molecule has 2 bridgehead atoms. The fourth-order valence-electron chi connectivity index (χ4n) is 10.8. The fourth-order valence-corrected chi connectivity index (χ4v) is 16.0. The maximum atomic E-state index is 17.9. The molecule has 3 aliphatic heterocycles. The van der Waals surface area contributed by atoms with E-state index < -0.39 is 19.5 Å². The van der Waals surface area contributed by atoms with Crippen LogP contribution in [0.5, 0.6) is 11.8 Å². The predicted molar refractivity (Wildman–Crippen MR) is 258 cm³/mol. The summed E-state index contributed by atoms with van der Waals surface area (Å²) in [7, 11) is -0.567. The van der Waals surface area contributed by atoms with Crippen LogP contribution in [0.4, 0.5) is 15.0 Å². The lowest BCUT2D eigenvalue weighted by atomic mass is 9.96. The molecule has 0 N–H and O–H groups in total. The number of hydrogen-bond acceptors (Lipinski definition) is 11. The van der Waals surface area contributed by atoms with E-state index in [1.54, 1.807) is 13.3 Å². The van der Waals surface area contributed by atoms with Crippen LogP contribution in [0.3, 0.4) is 0 Å². The first kappa shape index (κ1) is 48.1. The van der Waals surface area contributed by atoms with Crippen LogP contribution in [0.1, 0.15) is 113 Å². The Labute approximate surface area is 386 Å². The van der Waals surface area contributed by atoms with Gasteiger partial charge < -0.3 is 28.6 Å². The fraction of sp³-hybridized carbons (Fsp3) is 0.588. The van der Waals surface area contributed by atoms with Crippen LogP contribution in [0.25, 0.3) is 32.9 Å². The van der Waals surface area contributed by atoms with Gasteiger partial charge >= 0.3 is 12.1 Å². The Bertz CT molecular complexity index is 2380. The van der Waals surface area contributed by atoms with Gasteiger partial charge in [-0.2, -0.15) is 9.97 Å². The average Bonchev–Trinajstić information content (AvgIpc) is 3.82. The van der Waals surface area contributed by atoms with Gasteiger partial charge in [-0.3, -0.25) is 14.8 Å². The average molecular weight is 909 g/mol. The van der Waals surface area contributed by atoms with Crippen molar-refractivity contribution in [3.05, 3.63) is 47.9 Å². The van der Waals surface area contributed by atoms with Gasteiger partial charge in [-0.15, -0.1) is 5.54 Å². The number of likely N-dealkylation sites (tertiary alicyclic amines) is 1. The zero-order valence-corrected chi connectivity index (χ0v) is 41.2. The summed E-state index contributed by atoms with van der Waals surface area (Å²) in [5.41, 5.74) is 6.11. The van der Waals surface area contributed by atoms with Gasteiger partial charge in [-0.25, -0.2) is 9.18 Å². The predicted octanol–water partition coefficient (Wildman–Crippen LogP) is 10.3. The Morgan fingerprint density at radius 2 is 1.71 bits per heavy atom. The molecule has 5 heterocycles. The summed E-state index contributed by atoms with van der Waals surface area (Å²) in [5.74, 6) is 4.08. The normalized spacial score (nSPS) is 19.1. The monoisotopic (exact) mass is 909 g/mol. The van der Waals surface area contributed by atoms with Crippen molar-refractivity contribution in [1.82, 2.24) is 24.8 Å². The molecule has 3 aliphatic rings. The van der Waals surface area contributed by atoms with Crippen LogP contribution in [-0.4, -0.2) is 116 Å². The van der Waals surface area contributed by atoms with E-state index in [1.165, 1.54) is 0 Å². The molecule has 7 rings (SSSR count). The number of fused-ring (bicyclic) bond motifs is 4. The molecule has 1 amide bonds. The third-order valence-electron chi connectivity index (χ3n) is 13.8. The van der Waals surface area contributed by atoms with Crippen molar-refractivity contribution < 1.29 is 32.9 Å². The van der Waals surface area contributed by atoms with Crippen molar-refractivity contribution in [2.45, 2.75) is 148 Å². The molecule has 0 spiro atoms. The summed E-state index contributed by atoms with van der Waals surface area (Å²) in [6, 6.07) is 9.77. The number of halogens is 1. The van der Waals surface area contributed by atoms with E-state index in [9.17, 15) is 9.59 Å². The number of methoxy groups -OCH3 is 1. The number of anilines is 1. The molecule has 0 radical (unpaired) electrons. The van der Waals surface area contributed by atoms with E-state index in [1.807, 2.05) is 56.0 Å². The Balaban J connectivity index is 1.35. The Morgan fingerprint density at radius 3 is 2.37 bits per heavy atom. The first-order valence-corrected chi connectivity index (χ1v) is 25.9. The molecule has 3 atom stereocenters. The number of aldehydes is 1. The molecule has 0 aliphatic carbocycles. The van der Waals surface area contributed by atoms with Gasteiger partial charge in [0.1, 0.15) is 49.3 Å². The summed E-state index contributed by atoms with van der Waals surface area (Å²) in [4.78, 5) is 45.6. The standard InChI is InChI=1S/C51H69FN6O6Si/c1-33(2)65(34(3)4,35(5)6)25-21-36-16-14-17-37-26-41(63-32-61-10)27-42(44(36)37)46-45(52)47-43(28-53-46)48(57-29-38-19-20-39(30-57)58(38)50(60)64-51(7,8)9)55-49(54-47)62-31-40-18-15-23-56(40)22-12-11-13-24-59/h14,16-17,24,26-28,33-35,38-40H,11-13,15,18-20,22-23,29-32H2,1-10H3/t38?,39?,40-/m0/s1. The minimum absolute atomic E-state index is 0.0149. The van der Waals surface area contributed by atoms with Gasteiger partial charge in [0.05, 0.1) is 17.5 Å². The molecule has 12 nitrogen and oxygen atoms in total. The van der Waals surface area contributed by atoms with Crippen molar-refractivity contribution in [2.24, 2.45) is 0 Å². The van der Waals surface area contributed by atoms with Crippen LogP contribution < -0.4 is 14.4 Å². The molecular weight excluding hydrogens is 840 g/mol. The van der Waals surface area contributed by atoms with Gasteiger partial charge in [0.15, 0.2) is 12.6 Å². The van der Waals surface area contributed by atoms with Gasteiger partial charge in [-0.1, -0.05) is 59.6 Å². The maximum Gasteiger partial charge on any atom is 0.410 e. The van der Waals surface area contributed by atoms with Crippen molar-refractivity contribution in [1.29, 1.82) is 0 Å². The highest BCUT2D eigenvalue weighted by atomic mass is 28.3. The number of unbranched alkanes of at least 4 members (excludes halogenated alkanes) is 2. The van der Waals surface area contributed by atoms with Crippen LogP contribution in [0.15, 0.2) is 36.5 Å². The maximum absolute atomic E-state index is 17.9. The van der Waals surface area contributed by atoms with Gasteiger partial charge in [0, 0.05) is 55.4 Å². The molecule has 2 aromatic carbocycles. The molecular formula is C51H69FN6O6Si. The second kappa shape index (κ2) is 20.3. The lowest BCUT2D eigenvalue weighted by Crippen LogP contribution is -2.57. The van der Waals surface area contributed by atoms with Crippen molar-refractivity contribution in [3.63, 3.8) is 0 Å². The SMILES string of the molecule is COCOc1cc(-c2ncc3c(N4CC5CCC(C4)N5C(=O)OC(C)(C)C)nc(OC[C@@H]4CCCN4CCCCC=O)nc3c2F)c2c(C#C[Si](C(C)C)(C(C)C)C(C)C)cccc2c1. The van der Waals surface area contributed by atoms with E-state index in [2.05, 4.69) is 62.8 Å². The van der Waals surface area contributed by atoms with E-state index >= 15 is 4.39 Å². The number of rotatable bonds is 16. The molecule has 3 fully saturated rings. The van der Waals surface area contributed by atoms with Crippen molar-refractivity contribution >= 4 is 47.9 Å². The number of nitrogens with zero attached hydrogens (tertiary/aromatic N) is 6. The highest BCUT2D eigenvalue weighted by molar-refractivity contribution is 6.90. The first-order chi connectivity index (χ1) is 31.1. The highest BCUT2D eigenvalue weighted by Gasteiger charge is 2.45. The van der Waals surface area contributed by atoms with Crippen LogP contribution >= 0.6 is 0 Å². The van der Waals surface area contributed by atoms with Gasteiger partial charge in [-0.05, 0) is 113 Å². The van der Waals surface area contributed by atoms with Crippen LogP contribution in [0, 0.1) is 17.3 Å². The summed E-state index contributed by atoms with van der Waals surface area (Å²) in [6.45, 7) is 22.6. The lowest BCUT2D eigenvalue weighted by molar-refractivity contribution is -0.107. The number of piperazine rings is 1. The second-order valence-electron chi connectivity index (χ2n) is 20.1. The third-order valence-corrected chi connectivity index (χ3v) is 20.1. The van der Waals surface area contributed by atoms with E-state index in [0.717, 1.165) is 74.2 Å². The van der Waals surface area contributed by atoms with Crippen LogP contribution in [0.2, 0.25) is 16.6 Å². The summed E-state index contributed by atoms with van der Waals surface area (Å²) < 4.78 is 41.5. The van der Waals surface area contributed by atoms with Crippen molar-refractivity contribution in [3.8, 4) is 34.5 Å². The van der Waals surface area contributed by atoms with E-state index in [0.29, 0.717) is 65.3 Å².